The number of fused-ring (bicyclic) bond motifs is 1. The summed E-state index contributed by atoms with van der Waals surface area (Å²) in [4.78, 5) is 10.6. The van der Waals surface area contributed by atoms with Crippen LogP contribution in [0.2, 0.25) is 0 Å². The summed E-state index contributed by atoms with van der Waals surface area (Å²) in [6.07, 6.45) is 0.362. The average molecular weight is 239 g/mol. The van der Waals surface area contributed by atoms with Crippen LogP contribution >= 0.6 is 0 Å². The van der Waals surface area contributed by atoms with Crippen LogP contribution in [0.15, 0.2) is 42.5 Å². The zero-order valence-corrected chi connectivity index (χ0v) is 9.84. The Bertz CT molecular complexity index is 608. The zero-order valence-electron chi connectivity index (χ0n) is 9.84. The zero-order chi connectivity index (χ0) is 13.0. The highest BCUT2D eigenvalue weighted by molar-refractivity contribution is 5.86. The number of carboxylic acid groups (broad SMARTS) is 1. The largest absolute Gasteiger partial charge is 0.481 e. The molecule has 18 heavy (non-hydrogen) atoms. The molecular weight excluding hydrogens is 226 g/mol. The van der Waals surface area contributed by atoms with Gasteiger partial charge in [-0.15, -0.1) is 0 Å². The van der Waals surface area contributed by atoms with Crippen molar-refractivity contribution < 1.29 is 9.90 Å². The van der Waals surface area contributed by atoms with Gasteiger partial charge in [0.2, 0.25) is 0 Å². The fourth-order valence-corrected chi connectivity index (χ4v) is 2.11. The van der Waals surface area contributed by atoms with Crippen molar-refractivity contribution in [2.45, 2.75) is 18.8 Å². The molecular formula is C15H13NO2. The molecule has 0 spiro atoms. The predicted octanol–water partition coefficient (Wildman–Crippen LogP) is 3.31. The van der Waals surface area contributed by atoms with Crippen LogP contribution in [-0.4, -0.2) is 11.1 Å². The van der Waals surface area contributed by atoms with Crippen molar-refractivity contribution in [3.63, 3.8) is 0 Å². The highest BCUT2D eigenvalue weighted by Crippen LogP contribution is 2.28. The van der Waals surface area contributed by atoms with Crippen molar-refractivity contribution in [2.75, 3.05) is 0 Å². The number of nitriles is 1. The predicted molar refractivity (Wildman–Crippen MR) is 69.2 cm³/mol. The van der Waals surface area contributed by atoms with Crippen molar-refractivity contribution in [3.8, 4) is 6.07 Å². The summed E-state index contributed by atoms with van der Waals surface area (Å²) in [5.74, 6) is -1.23. The number of benzene rings is 2. The Hall–Kier alpha value is -2.34. The first-order valence-corrected chi connectivity index (χ1v) is 5.81. The van der Waals surface area contributed by atoms with Crippen LogP contribution in [-0.2, 0) is 4.79 Å². The minimum atomic E-state index is -0.865. The molecule has 0 heterocycles. The second-order valence-corrected chi connectivity index (χ2v) is 4.18. The van der Waals surface area contributed by atoms with Gasteiger partial charge < -0.3 is 5.11 Å². The molecule has 0 amide bonds. The molecule has 0 radical (unpaired) electrons. The summed E-state index contributed by atoms with van der Waals surface area (Å²) in [5.41, 5.74) is 0.914. The molecule has 2 aromatic carbocycles. The number of carboxylic acids is 1. The summed E-state index contributed by atoms with van der Waals surface area (Å²) in [6, 6.07) is 15.8. The first kappa shape index (κ1) is 12.1. The van der Waals surface area contributed by atoms with E-state index in [2.05, 4.69) is 6.07 Å². The van der Waals surface area contributed by atoms with Gasteiger partial charge in [0.25, 0.3) is 0 Å². The van der Waals surface area contributed by atoms with Gasteiger partial charge in [-0.1, -0.05) is 42.5 Å². The number of aliphatic carboxylic acids is 1. The van der Waals surface area contributed by atoms with E-state index in [1.807, 2.05) is 42.5 Å². The summed E-state index contributed by atoms with van der Waals surface area (Å²) in [6.45, 7) is 0. The lowest BCUT2D eigenvalue weighted by molar-refractivity contribution is -0.137. The van der Waals surface area contributed by atoms with Gasteiger partial charge in [0.15, 0.2) is 0 Å². The van der Waals surface area contributed by atoms with Gasteiger partial charge in [0, 0.05) is 6.42 Å². The fraction of sp³-hybridized carbons (Fsp3) is 0.200. The van der Waals surface area contributed by atoms with Gasteiger partial charge in [-0.2, -0.15) is 5.26 Å². The van der Waals surface area contributed by atoms with Crippen LogP contribution in [0, 0.1) is 11.3 Å². The number of hydrogen-bond donors (Lipinski definition) is 1. The Kier molecular flexibility index (Phi) is 3.59. The molecule has 0 bridgehead atoms. The van der Waals surface area contributed by atoms with Gasteiger partial charge >= 0.3 is 5.97 Å². The Balaban J connectivity index is 2.39. The van der Waals surface area contributed by atoms with Crippen LogP contribution in [0.3, 0.4) is 0 Å². The minimum Gasteiger partial charge on any atom is -0.481 e. The molecule has 1 N–H and O–H groups in total. The SMILES string of the molecule is N#CC(CCC(=O)O)c1cccc2ccccc12. The molecule has 3 heteroatoms. The first-order valence-electron chi connectivity index (χ1n) is 5.81. The van der Waals surface area contributed by atoms with Crippen molar-refractivity contribution >= 4 is 16.7 Å². The summed E-state index contributed by atoms with van der Waals surface area (Å²) >= 11 is 0. The van der Waals surface area contributed by atoms with Gasteiger partial charge in [-0.05, 0) is 22.8 Å². The highest BCUT2D eigenvalue weighted by Gasteiger charge is 2.14. The molecule has 1 atom stereocenters. The Morgan fingerprint density at radius 2 is 1.94 bits per heavy atom. The van der Waals surface area contributed by atoms with Crippen LogP contribution in [0.1, 0.15) is 24.3 Å². The first-order chi connectivity index (χ1) is 8.72. The van der Waals surface area contributed by atoms with Crippen LogP contribution < -0.4 is 0 Å². The monoisotopic (exact) mass is 239 g/mol. The molecule has 3 nitrogen and oxygen atoms in total. The minimum absolute atomic E-state index is 0.0153. The highest BCUT2D eigenvalue weighted by atomic mass is 16.4. The maximum absolute atomic E-state index is 10.6. The molecule has 2 rings (SSSR count). The fourth-order valence-electron chi connectivity index (χ4n) is 2.11. The second kappa shape index (κ2) is 5.33. The Morgan fingerprint density at radius 1 is 1.22 bits per heavy atom. The molecule has 0 saturated heterocycles. The van der Waals surface area contributed by atoms with Crippen molar-refractivity contribution in [1.29, 1.82) is 5.26 Å². The number of hydrogen-bond acceptors (Lipinski definition) is 2. The Morgan fingerprint density at radius 3 is 2.67 bits per heavy atom. The lowest BCUT2D eigenvalue weighted by atomic mass is 9.91. The van der Waals surface area contributed by atoms with E-state index >= 15 is 0 Å². The van der Waals surface area contributed by atoms with Gasteiger partial charge in [-0.3, -0.25) is 4.79 Å². The number of rotatable bonds is 4. The number of nitrogens with zero attached hydrogens (tertiary/aromatic N) is 1. The maximum atomic E-state index is 10.6. The maximum Gasteiger partial charge on any atom is 0.303 e. The van der Waals surface area contributed by atoms with Gasteiger partial charge in [-0.25, -0.2) is 0 Å². The van der Waals surface area contributed by atoms with E-state index in [4.69, 9.17) is 5.11 Å². The van der Waals surface area contributed by atoms with E-state index in [9.17, 15) is 10.1 Å². The van der Waals surface area contributed by atoms with Crippen LogP contribution in [0.25, 0.3) is 10.8 Å². The van der Waals surface area contributed by atoms with Gasteiger partial charge in [0.05, 0.1) is 12.0 Å². The van der Waals surface area contributed by atoms with E-state index in [0.29, 0.717) is 6.42 Å². The van der Waals surface area contributed by atoms with E-state index in [1.54, 1.807) is 0 Å². The molecule has 0 saturated carbocycles. The molecule has 0 aromatic heterocycles. The summed E-state index contributed by atoms with van der Waals surface area (Å²) < 4.78 is 0. The molecule has 90 valence electrons. The van der Waals surface area contributed by atoms with Crippen molar-refractivity contribution in [2.24, 2.45) is 0 Å². The quantitative estimate of drug-likeness (QED) is 0.890. The standard InChI is InChI=1S/C15H13NO2/c16-10-12(8-9-15(17)18)14-7-3-5-11-4-1-2-6-13(11)14/h1-7,12H,8-9H2,(H,17,18). The van der Waals surface area contributed by atoms with E-state index < -0.39 is 5.97 Å². The molecule has 0 aliphatic carbocycles. The normalized spacial score (nSPS) is 11.9. The molecule has 0 fully saturated rings. The van der Waals surface area contributed by atoms with E-state index in [0.717, 1.165) is 16.3 Å². The Labute approximate surface area is 105 Å². The smallest absolute Gasteiger partial charge is 0.303 e. The molecule has 0 aliphatic rings. The van der Waals surface area contributed by atoms with E-state index in [1.165, 1.54) is 0 Å². The van der Waals surface area contributed by atoms with Crippen LogP contribution in [0.4, 0.5) is 0 Å². The second-order valence-electron chi connectivity index (χ2n) is 4.18. The third-order valence-electron chi connectivity index (χ3n) is 3.00. The summed E-state index contributed by atoms with van der Waals surface area (Å²) in [7, 11) is 0. The van der Waals surface area contributed by atoms with Crippen LogP contribution in [0.5, 0.6) is 0 Å². The van der Waals surface area contributed by atoms with Gasteiger partial charge in [0.1, 0.15) is 0 Å². The molecule has 1 unspecified atom stereocenters. The number of carbonyl (C=O) groups is 1. The average Bonchev–Trinajstić information content (AvgIpc) is 2.39. The topological polar surface area (TPSA) is 61.1 Å². The third-order valence-corrected chi connectivity index (χ3v) is 3.00. The lowest BCUT2D eigenvalue weighted by Crippen LogP contribution is -2.02. The third kappa shape index (κ3) is 2.49. The van der Waals surface area contributed by atoms with Crippen molar-refractivity contribution in [3.05, 3.63) is 48.0 Å². The van der Waals surface area contributed by atoms with E-state index in [-0.39, 0.29) is 12.3 Å². The van der Waals surface area contributed by atoms with Crippen molar-refractivity contribution in [1.82, 2.24) is 0 Å². The molecule has 2 aromatic rings. The summed E-state index contributed by atoms with van der Waals surface area (Å²) in [5, 5.41) is 20.0. The lowest BCUT2D eigenvalue weighted by Gasteiger charge is -2.11. The molecule has 0 aliphatic heterocycles.